The fraction of sp³-hybridized carbons (Fsp3) is 0.455. The van der Waals surface area contributed by atoms with E-state index >= 15 is 0 Å². The van der Waals surface area contributed by atoms with Gasteiger partial charge in [-0.15, -0.1) is 0 Å². The Morgan fingerprint density at radius 3 is 2.67 bits per heavy atom. The number of rotatable bonds is 4. The number of amides is 1. The van der Waals surface area contributed by atoms with Crippen molar-refractivity contribution < 1.29 is 9.59 Å². The molecular weight excluding hydrogens is 192 g/mol. The van der Waals surface area contributed by atoms with Crippen molar-refractivity contribution in [1.29, 1.82) is 0 Å². The number of nitrogens with zero attached hydrogens (tertiary/aromatic N) is 2. The highest BCUT2D eigenvalue weighted by molar-refractivity contribution is 5.93. The monoisotopic (exact) mass is 208 g/mol. The Balaban J connectivity index is 2.76. The van der Waals surface area contributed by atoms with Crippen LogP contribution >= 0.6 is 0 Å². The van der Waals surface area contributed by atoms with Crippen LogP contribution in [-0.2, 0) is 11.3 Å². The summed E-state index contributed by atoms with van der Waals surface area (Å²) in [6, 6.07) is 3.50. The van der Waals surface area contributed by atoms with Crippen molar-refractivity contribution in [1.82, 2.24) is 9.47 Å². The van der Waals surface area contributed by atoms with Crippen LogP contribution in [0.1, 0.15) is 24.3 Å². The van der Waals surface area contributed by atoms with Gasteiger partial charge in [-0.2, -0.15) is 0 Å². The van der Waals surface area contributed by atoms with Crippen LogP contribution in [0.4, 0.5) is 0 Å². The number of likely N-dealkylation sites (N-methyl/N-ethyl adjacent to an activating group) is 1. The number of hydrogen-bond acceptors (Lipinski definition) is 2. The number of ketones is 1. The molecule has 0 spiro atoms. The maximum atomic E-state index is 11.6. The molecule has 0 aromatic carbocycles. The molecule has 0 aliphatic heterocycles. The van der Waals surface area contributed by atoms with Crippen molar-refractivity contribution in [3.05, 3.63) is 24.0 Å². The predicted molar refractivity (Wildman–Crippen MR) is 57.7 cm³/mol. The highest BCUT2D eigenvalue weighted by atomic mass is 16.2. The first-order valence-electron chi connectivity index (χ1n) is 4.96. The summed E-state index contributed by atoms with van der Waals surface area (Å²) >= 11 is 0. The number of aromatic nitrogens is 1. The lowest BCUT2D eigenvalue weighted by molar-refractivity contribution is -0.130. The maximum Gasteiger partial charge on any atom is 0.242 e. The molecule has 0 aliphatic rings. The Morgan fingerprint density at radius 2 is 2.13 bits per heavy atom. The number of Topliss-reactive ketones (excluding diaryl/α,β-unsaturated/α-hetero) is 1. The Labute approximate surface area is 89.5 Å². The molecule has 0 aliphatic carbocycles. The van der Waals surface area contributed by atoms with Gasteiger partial charge in [0.2, 0.25) is 5.91 Å². The first-order chi connectivity index (χ1) is 7.06. The molecule has 1 rings (SSSR count). The smallest absolute Gasteiger partial charge is 0.242 e. The Hall–Kier alpha value is -1.58. The van der Waals surface area contributed by atoms with Gasteiger partial charge in [-0.25, -0.2) is 0 Å². The van der Waals surface area contributed by atoms with E-state index in [1.165, 1.54) is 6.92 Å². The van der Waals surface area contributed by atoms with Crippen LogP contribution in [0.15, 0.2) is 18.3 Å². The first kappa shape index (κ1) is 11.5. The molecule has 0 fully saturated rings. The van der Waals surface area contributed by atoms with Gasteiger partial charge in [-0.1, -0.05) is 0 Å². The van der Waals surface area contributed by atoms with Crippen molar-refractivity contribution in [2.24, 2.45) is 0 Å². The second-order valence-corrected chi connectivity index (χ2v) is 3.49. The first-order valence-corrected chi connectivity index (χ1v) is 4.96. The maximum absolute atomic E-state index is 11.6. The molecule has 1 heterocycles. The Morgan fingerprint density at radius 1 is 1.47 bits per heavy atom. The molecule has 82 valence electrons. The van der Waals surface area contributed by atoms with Gasteiger partial charge in [-0.3, -0.25) is 9.59 Å². The fourth-order valence-corrected chi connectivity index (χ4v) is 1.31. The highest BCUT2D eigenvalue weighted by Gasteiger charge is 2.11. The number of carbonyl (C=O) groups is 2. The van der Waals surface area contributed by atoms with Crippen molar-refractivity contribution in [2.45, 2.75) is 20.4 Å². The molecule has 4 heteroatoms. The number of hydrogen-bond donors (Lipinski definition) is 0. The quantitative estimate of drug-likeness (QED) is 0.697. The van der Waals surface area contributed by atoms with Gasteiger partial charge in [0.25, 0.3) is 0 Å². The molecule has 1 amide bonds. The van der Waals surface area contributed by atoms with Crippen LogP contribution in [-0.4, -0.2) is 34.7 Å². The molecule has 0 saturated heterocycles. The van der Waals surface area contributed by atoms with Gasteiger partial charge in [-0.05, 0) is 19.1 Å². The van der Waals surface area contributed by atoms with Gasteiger partial charge in [0, 0.05) is 26.7 Å². The second kappa shape index (κ2) is 4.77. The van der Waals surface area contributed by atoms with E-state index in [4.69, 9.17) is 0 Å². The van der Waals surface area contributed by atoms with Crippen LogP contribution in [0.5, 0.6) is 0 Å². The molecule has 4 nitrogen and oxygen atoms in total. The van der Waals surface area contributed by atoms with Gasteiger partial charge < -0.3 is 9.47 Å². The summed E-state index contributed by atoms with van der Waals surface area (Å²) in [6.07, 6.45) is 1.75. The van der Waals surface area contributed by atoms with Crippen LogP contribution < -0.4 is 0 Å². The van der Waals surface area contributed by atoms with Crippen molar-refractivity contribution in [3.8, 4) is 0 Å². The number of carbonyl (C=O) groups excluding carboxylic acids is 2. The minimum absolute atomic E-state index is 0.0104. The molecule has 15 heavy (non-hydrogen) atoms. The minimum atomic E-state index is -0.0213. The van der Waals surface area contributed by atoms with Crippen LogP contribution in [0.2, 0.25) is 0 Å². The molecule has 0 unspecified atom stereocenters. The van der Waals surface area contributed by atoms with Crippen LogP contribution in [0.3, 0.4) is 0 Å². The van der Waals surface area contributed by atoms with E-state index in [0.717, 1.165) is 0 Å². The van der Waals surface area contributed by atoms with E-state index in [1.807, 2.05) is 6.92 Å². The molecule has 0 N–H and O–H groups in total. The van der Waals surface area contributed by atoms with Gasteiger partial charge >= 0.3 is 0 Å². The van der Waals surface area contributed by atoms with Crippen LogP contribution in [0, 0.1) is 0 Å². The summed E-state index contributed by atoms with van der Waals surface area (Å²) in [5.41, 5.74) is 0.577. The summed E-state index contributed by atoms with van der Waals surface area (Å²) in [6.45, 7) is 4.32. The minimum Gasteiger partial charge on any atom is -0.344 e. The normalized spacial score (nSPS) is 10.1. The van der Waals surface area contributed by atoms with E-state index in [1.54, 1.807) is 34.8 Å². The Bertz CT molecular complexity index is 368. The van der Waals surface area contributed by atoms with Gasteiger partial charge in [0.15, 0.2) is 5.78 Å². The predicted octanol–water partition coefficient (Wildman–Crippen LogP) is 1.17. The summed E-state index contributed by atoms with van der Waals surface area (Å²) in [5, 5.41) is 0. The van der Waals surface area contributed by atoms with E-state index in [-0.39, 0.29) is 18.2 Å². The second-order valence-electron chi connectivity index (χ2n) is 3.49. The topological polar surface area (TPSA) is 42.3 Å². The van der Waals surface area contributed by atoms with Crippen molar-refractivity contribution in [3.63, 3.8) is 0 Å². The van der Waals surface area contributed by atoms with E-state index in [9.17, 15) is 9.59 Å². The summed E-state index contributed by atoms with van der Waals surface area (Å²) < 4.78 is 1.68. The van der Waals surface area contributed by atoms with Gasteiger partial charge in [0.05, 0.1) is 5.69 Å². The lowest BCUT2D eigenvalue weighted by atomic mass is 10.3. The molecule has 1 aromatic heterocycles. The third-order valence-electron chi connectivity index (χ3n) is 2.40. The molecule has 0 atom stereocenters. The standard InChI is InChI=1S/C11H16N2O2/c1-4-12(3)11(15)8-13-7-5-6-10(13)9(2)14/h5-7H,4,8H2,1-3H3. The summed E-state index contributed by atoms with van der Waals surface area (Å²) in [5.74, 6) is -0.0110. The largest absolute Gasteiger partial charge is 0.344 e. The molecule has 0 radical (unpaired) electrons. The van der Waals surface area contributed by atoms with Crippen LogP contribution in [0.25, 0.3) is 0 Å². The highest BCUT2D eigenvalue weighted by Crippen LogP contribution is 2.04. The fourth-order valence-electron chi connectivity index (χ4n) is 1.31. The average molecular weight is 208 g/mol. The lowest BCUT2D eigenvalue weighted by Gasteiger charge is -2.15. The zero-order valence-corrected chi connectivity index (χ0v) is 9.36. The van der Waals surface area contributed by atoms with E-state index < -0.39 is 0 Å². The summed E-state index contributed by atoms with van der Waals surface area (Å²) in [7, 11) is 1.75. The zero-order valence-electron chi connectivity index (χ0n) is 9.36. The molecule has 0 saturated carbocycles. The molecular formula is C11H16N2O2. The van der Waals surface area contributed by atoms with E-state index in [0.29, 0.717) is 12.2 Å². The SMILES string of the molecule is CCN(C)C(=O)Cn1cccc1C(C)=O. The third-order valence-corrected chi connectivity index (χ3v) is 2.40. The van der Waals surface area contributed by atoms with Gasteiger partial charge in [0.1, 0.15) is 6.54 Å². The van der Waals surface area contributed by atoms with E-state index in [2.05, 4.69) is 0 Å². The molecule has 1 aromatic rings. The zero-order chi connectivity index (χ0) is 11.4. The van der Waals surface area contributed by atoms with Crippen molar-refractivity contribution >= 4 is 11.7 Å². The Kier molecular flexibility index (Phi) is 3.66. The third kappa shape index (κ3) is 2.68. The lowest BCUT2D eigenvalue weighted by Crippen LogP contribution is -2.30. The molecule has 0 bridgehead atoms. The van der Waals surface area contributed by atoms with Crippen molar-refractivity contribution in [2.75, 3.05) is 13.6 Å². The average Bonchev–Trinajstić information content (AvgIpc) is 2.64. The summed E-state index contributed by atoms with van der Waals surface area (Å²) in [4.78, 5) is 24.4.